The van der Waals surface area contributed by atoms with Crippen LogP contribution in [0.1, 0.15) is 42.5 Å². The van der Waals surface area contributed by atoms with Gasteiger partial charge in [-0.1, -0.05) is 42.5 Å². The lowest BCUT2D eigenvalue weighted by atomic mass is 9.77. The molecule has 0 saturated carbocycles. The maximum atomic E-state index is 10.1. The van der Waals surface area contributed by atoms with Crippen molar-refractivity contribution in [2.45, 2.75) is 32.7 Å². The molecular weight excluding hydrogens is 435 g/mol. The molecule has 1 fully saturated rings. The first-order chi connectivity index (χ1) is 16.9. The highest BCUT2D eigenvalue weighted by Gasteiger charge is 2.23. The zero-order chi connectivity index (χ0) is 24.5. The number of anilines is 1. The normalized spacial score (nSPS) is 16.5. The van der Waals surface area contributed by atoms with Gasteiger partial charge in [-0.15, -0.1) is 0 Å². The fourth-order valence-corrected chi connectivity index (χ4v) is 5.39. The van der Waals surface area contributed by atoms with Crippen LogP contribution in [0.25, 0.3) is 11.1 Å². The Balaban J connectivity index is 1.51. The molecule has 35 heavy (non-hydrogen) atoms. The van der Waals surface area contributed by atoms with Crippen molar-refractivity contribution in [1.29, 1.82) is 0 Å². The molecule has 0 amide bonds. The lowest BCUT2D eigenvalue weighted by Crippen LogP contribution is -2.48. The Hall–Kier alpha value is -3.06. The number of aryl methyl sites for hydroxylation is 1. The van der Waals surface area contributed by atoms with E-state index in [4.69, 9.17) is 0 Å². The summed E-state index contributed by atoms with van der Waals surface area (Å²) < 4.78 is 0. The van der Waals surface area contributed by atoms with Gasteiger partial charge in [0.2, 0.25) is 0 Å². The summed E-state index contributed by atoms with van der Waals surface area (Å²) in [4.78, 5) is 4.99. The van der Waals surface area contributed by atoms with Crippen molar-refractivity contribution in [3.8, 4) is 5.75 Å². The average molecular weight is 468 g/mol. The van der Waals surface area contributed by atoms with Crippen molar-refractivity contribution < 1.29 is 15.2 Å². The Morgan fingerprint density at radius 3 is 2.06 bits per heavy atom. The molecule has 3 aromatic rings. The highest BCUT2D eigenvalue weighted by molar-refractivity contribution is 6.58. The summed E-state index contributed by atoms with van der Waals surface area (Å²) in [6, 6.07) is 22.6. The summed E-state index contributed by atoms with van der Waals surface area (Å²) in [5.41, 5.74) is 8.69. The summed E-state index contributed by atoms with van der Waals surface area (Å²) in [7, 11) is -1.47. The predicted octanol–water partition coefficient (Wildman–Crippen LogP) is 3.51. The van der Waals surface area contributed by atoms with E-state index in [1.54, 1.807) is 18.2 Å². The zero-order valence-corrected chi connectivity index (χ0v) is 20.5. The Morgan fingerprint density at radius 2 is 1.43 bits per heavy atom. The molecule has 2 aliphatic rings. The van der Waals surface area contributed by atoms with E-state index in [-0.39, 0.29) is 0 Å². The van der Waals surface area contributed by atoms with Gasteiger partial charge in [0.05, 0.1) is 0 Å². The van der Waals surface area contributed by atoms with E-state index in [1.165, 1.54) is 16.8 Å². The molecule has 1 saturated heterocycles. The number of allylic oxidation sites excluding steroid dienone is 1. The van der Waals surface area contributed by atoms with E-state index in [9.17, 15) is 15.2 Å². The first-order valence-corrected chi connectivity index (χ1v) is 12.5. The smallest absolute Gasteiger partial charge is 0.488 e. The quantitative estimate of drug-likeness (QED) is 0.501. The molecule has 3 N–H and O–H groups in total. The number of hydrogen-bond donors (Lipinski definition) is 3. The van der Waals surface area contributed by atoms with Crippen LogP contribution in [-0.4, -0.2) is 59.4 Å². The van der Waals surface area contributed by atoms with Gasteiger partial charge >= 0.3 is 7.12 Å². The number of phenolic OH excluding ortho intramolecular Hbond substituents is 1. The largest absolute Gasteiger partial charge is 0.508 e. The first-order valence-electron chi connectivity index (χ1n) is 12.5. The Morgan fingerprint density at radius 1 is 0.771 bits per heavy atom. The molecule has 180 valence electrons. The molecule has 0 unspecified atom stereocenters. The van der Waals surface area contributed by atoms with E-state index in [2.05, 4.69) is 47.9 Å². The van der Waals surface area contributed by atoms with Crippen molar-refractivity contribution in [1.82, 2.24) is 4.90 Å². The van der Waals surface area contributed by atoms with Gasteiger partial charge in [0, 0.05) is 37.9 Å². The first kappa shape index (κ1) is 23.7. The van der Waals surface area contributed by atoms with Crippen LogP contribution >= 0.6 is 0 Å². The molecule has 0 atom stereocenters. The topological polar surface area (TPSA) is 67.2 Å². The molecule has 0 bridgehead atoms. The number of fused-ring (bicyclic) bond motifs is 1. The highest BCUT2D eigenvalue weighted by Crippen LogP contribution is 2.42. The van der Waals surface area contributed by atoms with Crippen molar-refractivity contribution in [3.05, 3.63) is 89.0 Å². The van der Waals surface area contributed by atoms with Crippen molar-refractivity contribution in [3.63, 3.8) is 0 Å². The SMILES string of the molecule is CC(C)N1CCN(c2ccc(C3=C(c4ccc(B(O)O)cc4)CCc4cc(O)ccc43)cc2)CC1. The summed E-state index contributed by atoms with van der Waals surface area (Å²) in [6.45, 7) is 8.77. The molecule has 1 aliphatic heterocycles. The van der Waals surface area contributed by atoms with Crippen LogP contribution in [0.5, 0.6) is 5.75 Å². The van der Waals surface area contributed by atoms with E-state index in [0.29, 0.717) is 17.3 Å². The highest BCUT2D eigenvalue weighted by atomic mass is 16.4. The molecule has 1 heterocycles. The number of piperazine rings is 1. The summed E-state index contributed by atoms with van der Waals surface area (Å²) in [6.07, 6.45) is 1.71. The van der Waals surface area contributed by atoms with Gasteiger partial charge in [-0.3, -0.25) is 4.90 Å². The zero-order valence-electron chi connectivity index (χ0n) is 20.5. The van der Waals surface area contributed by atoms with Crippen LogP contribution in [0.3, 0.4) is 0 Å². The molecule has 1 aliphatic carbocycles. The number of aromatic hydroxyl groups is 1. The molecule has 0 radical (unpaired) electrons. The lowest BCUT2D eigenvalue weighted by Gasteiger charge is -2.38. The monoisotopic (exact) mass is 468 g/mol. The van der Waals surface area contributed by atoms with Gasteiger partial charge in [-0.05, 0) is 89.8 Å². The number of rotatable bonds is 5. The van der Waals surface area contributed by atoms with Gasteiger partial charge in [-0.25, -0.2) is 0 Å². The van der Waals surface area contributed by atoms with Crippen LogP contribution in [-0.2, 0) is 6.42 Å². The van der Waals surface area contributed by atoms with Crippen LogP contribution in [0.2, 0.25) is 0 Å². The molecular formula is C29H33BN2O3. The van der Waals surface area contributed by atoms with Crippen LogP contribution in [0.4, 0.5) is 5.69 Å². The van der Waals surface area contributed by atoms with E-state index in [1.807, 2.05) is 24.3 Å². The van der Waals surface area contributed by atoms with E-state index >= 15 is 0 Å². The van der Waals surface area contributed by atoms with Crippen molar-refractivity contribution in [2.75, 3.05) is 31.1 Å². The van der Waals surface area contributed by atoms with Gasteiger partial charge < -0.3 is 20.1 Å². The minimum Gasteiger partial charge on any atom is -0.508 e. The van der Waals surface area contributed by atoms with Gasteiger partial charge in [0.1, 0.15) is 5.75 Å². The molecule has 6 heteroatoms. The minimum absolute atomic E-state index is 0.295. The maximum Gasteiger partial charge on any atom is 0.488 e. The average Bonchev–Trinajstić information content (AvgIpc) is 2.88. The van der Waals surface area contributed by atoms with E-state index in [0.717, 1.165) is 61.3 Å². The Labute approximate surface area is 208 Å². The number of benzene rings is 3. The van der Waals surface area contributed by atoms with Crippen LogP contribution in [0, 0.1) is 0 Å². The van der Waals surface area contributed by atoms with E-state index < -0.39 is 7.12 Å². The molecule has 5 nitrogen and oxygen atoms in total. The summed E-state index contributed by atoms with van der Waals surface area (Å²) in [5, 5.41) is 29.1. The third kappa shape index (κ3) is 4.87. The Kier molecular flexibility index (Phi) is 6.70. The second kappa shape index (κ2) is 9.90. The number of nitrogens with zero attached hydrogens (tertiary/aromatic N) is 2. The van der Waals surface area contributed by atoms with Crippen LogP contribution < -0.4 is 10.4 Å². The standard InChI is InChI=1S/C29H33BN2O3/c1-20(2)31-15-17-32(18-16-31)25-10-5-22(6-11-25)29-27(21-3-8-24(9-4-21)30(34)35)13-7-23-19-26(33)12-14-28(23)29/h3-6,8-12,14,19-20,33-35H,7,13,15-18H2,1-2H3. The molecule has 0 spiro atoms. The fourth-order valence-electron chi connectivity index (χ4n) is 5.39. The maximum absolute atomic E-state index is 10.1. The van der Waals surface area contributed by atoms with Gasteiger partial charge in [-0.2, -0.15) is 0 Å². The third-order valence-electron chi connectivity index (χ3n) is 7.43. The summed E-state index contributed by atoms with van der Waals surface area (Å²) in [5.74, 6) is 0.295. The summed E-state index contributed by atoms with van der Waals surface area (Å²) >= 11 is 0. The molecule has 0 aromatic heterocycles. The second-order valence-corrected chi connectivity index (χ2v) is 9.85. The Bertz CT molecular complexity index is 1210. The van der Waals surface area contributed by atoms with Crippen molar-refractivity contribution >= 4 is 29.4 Å². The van der Waals surface area contributed by atoms with Crippen molar-refractivity contribution in [2.24, 2.45) is 0 Å². The molecule has 3 aromatic carbocycles. The third-order valence-corrected chi connectivity index (χ3v) is 7.43. The number of hydrogen-bond acceptors (Lipinski definition) is 5. The molecule has 5 rings (SSSR count). The van der Waals surface area contributed by atoms with Gasteiger partial charge in [0.25, 0.3) is 0 Å². The fraction of sp³-hybridized carbons (Fsp3) is 0.310. The minimum atomic E-state index is -1.47. The lowest BCUT2D eigenvalue weighted by molar-refractivity contribution is 0.209. The predicted molar refractivity (Wildman–Crippen MR) is 144 cm³/mol. The van der Waals surface area contributed by atoms with Crippen LogP contribution in [0.15, 0.2) is 66.7 Å². The van der Waals surface area contributed by atoms with Gasteiger partial charge in [0.15, 0.2) is 0 Å². The number of phenols is 1. The second-order valence-electron chi connectivity index (χ2n) is 9.85.